The van der Waals surface area contributed by atoms with Gasteiger partial charge in [0.1, 0.15) is 22.8 Å². The van der Waals surface area contributed by atoms with Crippen molar-refractivity contribution in [2.45, 2.75) is 48.9 Å². The van der Waals surface area contributed by atoms with E-state index in [4.69, 9.17) is 4.74 Å². The molecule has 0 spiro atoms. The van der Waals surface area contributed by atoms with E-state index in [1.165, 1.54) is 17.1 Å². The quantitative estimate of drug-likeness (QED) is 0.259. The number of nitrogens with zero attached hydrogens (tertiary/aromatic N) is 4. The molecule has 1 aliphatic rings. The molecule has 3 aromatic carbocycles. The molecule has 2 aromatic heterocycles. The summed E-state index contributed by atoms with van der Waals surface area (Å²) in [5.41, 5.74) is -1.24. The highest BCUT2D eigenvalue weighted by molar-refractivity contribution is 5.69. The van der Waals surface area contributed by atoms with Crippen molar-refractivity contribution in [3.05, 3.63) is 126 Å². The molecule has 5 aromatic rings. The molecule has 5 atom stereocenters. The van der Waals surface area contributed by atoms with Crippen molar-refractivity contribution in [3.8, 4) is 0 Å². The predicted octanol–water partition coefficient (Wildman–Crippen LogP) is 3.41. The number of halogens is 1. The van der Waals surface area contributed by atoms with Gasteiger partial charge in [-0.25, -0.2) is 9.97 Å². The van der Waals surface area contributed by atoms with E-state index in [2.05, 4.69) is 15.0 Å². The molecule has 1 fully saturated rings. The molecule has 1 saturated heterocycles. The number of hydrogen-bond donors (Lipinski definition) is 3. The van der Waals surface area contributed by atoms with Gasteiger partial charge in [0.05, 0.1) is 18.6 Å². The van der Waals surface area contributed by atoms with E-state index < -0.39 is 35.7 Å². The zero-order chi connectivity index (χ0) is 27.7. The fourth-order valence-electron chi connectivity index (χ4n) is 5.78. The Hall–Kier alpha value is -4.02. The van der Waals surface area contributed by atoms with Crippen molar-refractivity contribution >= 4 is 11.2 Å². The van der Waals surface area contributed by atoms with Gasteiger partial charge in [-0.15, -0.1) is 0 Å². The number of fused-ring (bicyclic) bond motifs is 1. The van der Waals surface area contributed by atoms with Gasteiger partial charge in [0.15, 0.2) is 11.9 Å². The monoisotopic (exact) mass is 540 g/mol. The minimum atomic E-state index is -2.00. The molecule has 3 N–H and O–H groups in total. The molecule has 9 heteroatoms. The van der Waals surface area contributed by atoms with Crippen LogP contribution in [0.3, 0.4) is 0 Å². The summed E-state index contributed by atoms with van der Waals surface area (Å²) in [6.07, 6.45) is -1.87. The predicted molar refractivity (Wildman–Crippen MR) is 146 cm³/mol. The lowest BCUT2D eigenvalue weighted by molar-refractivity contribution is -0.160. The molecule has 204 valence electrons. The number of aliphatic hydroxyl groups excluding tert-OH is 1. The van der Waals surface area contributed by atoms with Crippen molar-refractivity contribution in [1.82, 2.24) is 19.5 Å². The second-order valence-electron chi connectivity index (χ2n) is 10.3. The minimum Gasteiger partial charge on any atom is -0.390 e. The Morgan fingerprint density at radius 3 is 1.95 bits per heavy atom. The maximum absolute atomic E-state index is 14.2. The third kappa shape index (κ3) is 4.67. The number of aromatic nitrogens is 4. The molecule has 0 saturated carbocycles. The topological polar surface area (TPSA) is 114 Å². The van der Waals surface area contributed by atoms with Crippen LogP contribution in [-0.2, 0) is 24.0 Å². The third-order valence-electron chi connectivity index (χ3n) is 7.71. The first kappa shape index (κ1) is 26.2. The Morgan fingerprint density at radius 2 is 1.35 bits per heavy atom. The molecule has 1 unspecified atom stereocenters. The molecular weight excluding hydrogens is 511 g/mol. The zero-order valence-corrected chi connectivity index (χ0v) is 21.6. The highest BCUT2D eigenvalue weighted by atomic mass is 19.1. The van der Waals surface area contributed by atoms with Gasteiger partial charge < -0.3 is 20.1 Å². The highest BCUT2D eigenvalue weighted by Gasteiger charge is 2.67. The molecule has 6 rings (SSSR count). The van der Waals surface area contributed by atoms with Gasteiger partial charge in [-0.2, -0.15) is 9.37 Å². The zero-order valence-electron chi connectivity index (χ0n) is 21.6. The normalized spacial score (nSPS) is 25.3. The van der Waals surface area contributed by atoms with Crippen molar-refractivity contribution in [2.24, 2.45) is 0 Å². The fraction of sp³-hybridized carbons (Fsp3) is 0.258. The van der Waals surface area contributed by atoms with Gasteiger partial charge in [0.2, 0.25) is 0 Å². The summed E-state index contributed by atoms with van der Waals surface area (Å²) < 4.78 is 22.0. The van der Waals surface area contributed by atoms with Crippen LogP contribution in [0.1, 0.15) is 22.9 Å². The van der Waals surface area contributed by atoms with E-state index in [1.807, 2.05) is 91.0 Å². The first-order valence-corrected chi connectivity index (χ1v) is 13.1. The Kier molecular flexibility index (Phi) is 6.89. The average molecular weight is 541 g/mol. The van der Waals surface area contributed by atoms with Crippen LogP contribution in [0, 0.1) is 6.08 Å². The molecule has 40 heavy (non-hydrogen) atoms. The smallest absolute Gasteiger partial charge is 0.310 e. The highest BCUT2D eigenvalue weighted by Crippen LogP contribution is 2.51. The van der Waals surface area contributed by atoms with Gasteiger partial charge in [-0.3, -0.25) is 4.57 Å². The third-order valence-corrected chi connectivity index (χ3v) is 7.71. The Labute approximate surface area is 230 Å². The van der Waals surface area contributed by atoms with Crippen molar-refractivity contribution < 1.29 is 24.4 Å². The van der Waals surface area contributed by atoms with Gasteiger partial charge in [0.25, 0.3) is 0 Å². The van der Waals surface area contributed by atoms with Crippen LogP contribution < -0.4 is 0 Å². The number of rotatable bonds is 8. The summed E-state index contributed by atoms with van der Waals surface area (Å²) in [7, 11) is 0. The minimum absolute atomic E-state index is 0.0137. The summed E-state index contributed by atoms with van der Waals surface area (Å²) in [5.74, 6) is 0. The van der Waals surface area contributed by atoms with Crippen LogP contribution in [0.15, 0.2) is 104 Å². The molecular formula is C31H29FN4O4. The van der Waals surface area contributed by atoms with E-state index >= 15 is 0 Å². The van der Waals surface area contributed by atoms with Crippen LogP contribution >= 0.6 is 0 Å². The fourth-order valence-corrected chi connectivity index (χ4v) is 5.78. The maximum Gasteiger partial charge on any atom is 0.310 e. The second-order valence-corrected chi connectivity index (χ2v) is 10.3. The second kappa shape index (κ2) is 10.5. The Morgan fingerprint density at radius 1 is 0.800 bits per heavy atom. The molecule has 0 amide bonds. The first-order valence-electron chi connectivity index (χ1n) is 13.1. The van der Waals surface area contributed by atoms with E-state index in [9.17, 15) is 19.7 Å². The molecule has 0 radical (unpaired) electrons. The van der Waals surface area contributed by atoms with E-state index in [-0.39, 0.29) is 24.9 Å². The van der Waals surface area contributed by atoms with Crippen molar-refractivity contribution in [1.29, 1.82) is 0 Å². The van der Waals surface area contributed by atoms with E-state index in [0.717, 1.165) is 16.7 Å². The van der Waals surface area contributed by atoms with Crippen molar-refractivity contribution in [3.63, 3.8) is 0 Å². The lowest BCUT2D eigenvalue weighted by Crippen LogP contribution is -2.62. The van der Waals surface area contributed by atoms with Gasteiger partial charge >= 0.3 is 6.08 Å². The molecule has 1 aliphatic heterocycles. The standard InChI is InChI=1S/C31H29FN4O4/c32-29-33-19-24-27(35-29)36(20-34-24)28-31(39,18-23-14-8-3-9-15-23)30(38,17-22-12-6-2-7-13-22)26(40-28)25(37)16-21-10-4-1-5-11-21/h1-15,19-20,25-26,28,37-39H,16-18H2/t25?,26-,28-,30-,31-/m1/s1. The van der Waals surface area contributed by atoms with Crippen LogP contribution in [0.5, 0.6) is 0 Å². The Balaban J connectivity index is 1.51. The summed E-state index contributed by atoms with van der Waals surface area (Å²) in [6, 6.07) is 27.9. The van der Waals surface area contributed by atoms with Gasteiger partial charge in [0, 0.05) is 19.3 Å². The molecule has 0 bridgehead atoms. The van der Waals surface area contributed by atoms with E-state index in [0.29, 0.717) is 5.52 Å². The van der Waals surface area contributed by atoms with Gasteiger partial charge in [-0.05, 0) is 16.7 Å². The molecule has 8 nitrogen and oxygen atoms in total. The summed E-state index contributed by atoms with van der Waals surface area (Å²) in [4.78, 5) is 11.8. The van der Waals surface area contributed by atoms with Crippen LogP contribution in [-0.4, -0.2) is 58.2 Å². The van der Waals surface area contributed by atoms with Crippen LogP contribution in [0.2, 0.25) is 0 Å². The summed E-state index contributed by atoms with van der Waals surface area (Å²) in [5, 5.41) is 36.9. The summed E-state index contributed by atoms with van der Waals surface area (Å²) >= 11 is 0. The average Bonchev–Trinajstić information content (AvgIpc) is 3.46. The SMILES string of the molecule is OC(Cc1ccccc1)[C@H]1O[C@@H](n2cnc3cnc(F)nc32)[C@](O)(Cc2ccccc2)[C@@]1(O)Cc1ccccc1. The number of imidazole rings is 1. The molecule has 0 aliphatic carbocycles. The lowest BCUT2D eigenvalue weighted by Gasteiger charge is -2.42. The molecule has 3 heterocycles. The van der Waals surface area contributed by atoms with E-state index in [1.54, 1.807) is 0 Å². The number of benzene rings is 3. The largest absolute Gasteiger partial charge is 0.390 e. The lowest BCUT2D eigenvalue weighted by atomic mass is 9.71. The number of ether oxygens (including phenoxy) is 1. The van der Waals surface area contributed by atoms with Crippen LogP contribution in [0.4, 0.5) is 4.39 Å². The van der Waals surface area contributed by atoms with Crippen LogP contribution in [0.25, 0.3) is 11.2 Å². The van der Waals surface area contributed by atoms with Crippen molar-refractivity contribution in [2.75, 3.05) is 0 Å². The Bertz CT molecular complexity index is 1590. The summed E-state index contributed by atoms with van der Waals surface area (Å²) in [6.45, 7) is 0. The first-order chi connectivity index (χ1) is 19.4. The maximum atomic E-state index is 14.2. The van der Waals surface area contributed by atoms with Gasteiger partial charge in [-0.1, -0.05) is 91.0 Å². The number of hydrogen-bond acceptors (Lipinski definition) is 7. The number of aliphatic hydroxyl groups is 3.